The van der Waals surface area contributed by atoms with Crippen molar-refractivity contribution in [2.24, 2.45) is 0 Å². The van der Waals surface area contributed by atoms with E-state index in [9.17, 15) is 9.59 Å². The molecule has 0 saturated carbocycles. The highest BCUT2D eigenvalue weighted by atomic mass is 16.6. The molecule has 6 nitrogen and oxygen atoms in total. The van der Waals surface area contributed by atoms with Crippen LogP contribution in [0.2, 0.25) is 0 Å². The molecule has 2 atom stereocenters. The van der Waals surface area contributed by atoms with Gasteiger partial charge in [-0.25, -0.2) is 4.79 Å². The average molecular weight is 383 g/mol. The van der Waals surface area contributed by atoms with Crippen molar-refractivity contribution >= 4 is 11.9 Å². The first-order valence-electron chi connectivity index (χ1n) is 9.48. The van der Waals surface area contributed by atoms with Gasteiger partial charge in [-0.3, -0.25) is 4.79 Å². The molecule has 1 heterocycles. The topological polar surface area (TPSA) is 73.9 Å². The van der Waals surface area contributed by atoms with Crippen LogP contribution in [0.25, 0.3) is 0 Å². The summed E-state index contributed by atoms with van der Waals surface area (Å²) in [5.41, 5.74) is 1.54. The van der Waals surface area contributed by atoms with Gasteiger partial charge in [0, 0.05) is 6.04 Å². The van der Waals surface area contributed by atoms with Gasteiger partial charge in [0.05, 0.1) is 5.56 Å². The molecule has 0 radical (unpaired) electrons. The summed E-state index contributed by atoms with van der Waals surface area (Å²) in [6.07, 6.45) is 0.784. The standard InChI is InChI=1S/C22H25NO5/c1-15(8-9-17-6-4-3-5-7-17)23-21(24)16(2)28-22(25)18-10-11-19-20(14-18)27-13-12-26-19/h3-7,10-11,14-16H,8-9,12-13H2,1-2H3,(H,23,24)/t15-,16+/m0/s1. The summed E-state index contributed by atoms with van der Waals surface area (Å²) >= 11 is 0. The van der Waals surface area contributed by atoms with Gasteiger partial charge >= 0.3 is 5.97 Å². The third-order valence-corrected chi connectivity index (χ3v) is 4.53. The predicted molar refractivity (Wildman–Crippen MR) is 105 cm³/mol. The first-order chi connectivity index (χ1) is 13.5. The van der Waals surface area contributed by atoms with Gasteiger partial charge in [-0.15, -0.1) is 0 Å². The second kappa shape index (κ2) is 9.26. The Morgan fingerprint density at radius 2 is 1.75 bits per heavy atom. The molecule has 0 spiro atoms. The second-order valence-corrected chi connectivity index (χ2v) is 6.84. The number of amides is 1. The molecule has 0 saturated heterocycles. The summed E-state index contributed by atoms with van der Waals surface area (Å²) in [6, 6.07) is 14.9. The van der Waals surface area contributed by atoms with Gasteiger partial charge in [0.15, 0.2) is 17.6 Å². The number of ether oxygens (including phenoxy) is 3. The number of benzene rings is 2. The molecule has 1 N–H and O–H groups in total. The highest BCUT2D eigenvalue weighted by molar-refractivity contribution is 5.92. The van der Waals surface area contributed by atoms with E-state index in [1.54, 1.807) is 25.1 Å². The number of hydrogen-bond donors (Lipinski definition) is 1. The third-order valence-electron chi connectivity index (χ3n) is 4.53. The van der Waals surface area contributed by atoms with Gasteiger partial charge in [0.25, 0.3) is 5.91 Å². The Kier molecular flexibility index (Phi) is 6.53. The Morgan fingerprint density at radius 1 is 1.04 bits per heavy atom. The van der Waals surface area contributed by atoms with Crippen LogP contribution in [0.5, 0.6) is 11.5 Å². The lowest BCUT2D eigenvalue weighted by atomic mass is 10.1. The summed E-state index contributed by atoms with van der Waals surface area (Å²) in [5.74, 6) is 0.219. The van der Waals surface area contributed by atoms with Crippen LogP contribution >= 0.6 is 0 Å². The van der Waals surface area contributed by atoms with Crippen LogP contribution < -0.4 is 14.8 Å². The molecule has 0 aromatic heterocycles. The number of carbonyl (C=O) groups excluding carboxylic acids is 2. The molecule has 6 heteroatoms. The molecule has 2 aromatic rings. The smallest absolute Gasteiger partial charge is 0.339 e. The lowest BCUT2D eigenvalue weighted by Crippen LogP contribution is -2.41. The van der Waals surface area contributed by atoms with E-state index in [1.807, 2.05) is 25.1 Å². The fourth-order valence-electron chi connectivity index (χ4n) is 2.91. The number of rotatable bonds is 7. The average Bonchev–Trinajstić information content (AvgIpc) is 2.72. The fraction of sp³-hybridized carbons (Fsp3) is 0.364. The molecule has 1 aliphatic heterocycles. The van der Waals surface area contributed by atoms with Crippen molar-refractivity contribution in [3.8, 4) is 11.5 Å². The van der Waals surface area contributed by atoms with E-state index < -0.39 is 12.1 Å². The quantitative estimate of drug-likeness (QED) is 0.744. The normalized spacial score (nSPS) is 14.6. The summed E-state index contributed by atoms with van der Waals surface area (Å²) < 4.78 is 16.2. The molecule has 28 heavy (non-hydrogen) atoms. The number of aryl methyl sites for hydroxylation is 1. The van der Waals surface area contributed by atoms with Crippen LogP contribution in [0.3, 0.4) is 0 Å². The molecule has 0 unspecified atom stereocenters. The first-order valence-corrected chi connectivity index (χ1v) is 9.48. The highest BCUT2D eigenvalue weighted by Crippen LogP contribution is 2.31. The third kappa shape index (κ3) is 5.25. The molecule has 3 rings (SSSR count). The zero-order chi connectivity index (χ0) is 19.9. The zero-order valence-electron chi connectivity index (χ0n) is 16.1. The number of carbonyl (C=O) groups is 2. The van der Waals surface area contributed by atoms with Crippen LogP contribution in [0, 0.1) is 0 Å². The van der Waals surface area contributed by atoms with E-state index in [4.69, 9.17) is 14.2 Å². The van der Waals surface area contributed by atoms with Gasteiger partial charge in [0.1, 0.15) is 13.2 Å². The maximum Gasteiger partial charge on any atom is 0.339 e. The van der Waals surface area contributed by atoms with Gasteiger partial charge in [-0.1, -0.05) is 30.3 Å². The molecule has 1 amide bonds. The molecular weight excluding hydrogens is 358 g/mol. The zero-order valence-corrected chi connectivity index (χ0v) is 16.1. The van der Waals surface area contributed by atoms with Crippen LogP contribution in [0.1, 0.15) is 36.2 Å². The van der Waals surface area contributed by atoms with Crippen LogP contribution in [0.15, 0.2) is 48.5 Å². The van der Waals surface area contributed by atoms with Crippen molar-refractivity contribution in [3.05, 3.63) is 59.7 Å². The number of hydrogen-bond acceptors (Lipinski definition) is 5. The summed E-state index contributed by atoms with van der Waals surface area (Å²) in [5, 5.41) is 2.90. The molecule has 0 fully saturated rings. The van der Waals surface area contributed by atoms with Crippen molar-refractivity contribution < 1.29 is 23.8 Å². The summed E-state index contributed by atoms with van der Waals surface area (Å²) in [6.45, 7) is 4.42. The van der Waals surface area contributed by atoms with Crippen LogP contribution in [0.4, 0.5) is 0 Å². The van der Waals surface area contributed by atoms with Crippen molar-refractivity contribution in [1.29, 1.82) is 0 Å². The molecule has 0 aliphatic carbocycles. The van der Waals surface area contributed by atoms with E-state index in [0.29, 0.717) is 30.3 Å². The molecule has 0 bridgehead atoms. The molecule has 2 aromatic carbocycles. The Hall–Kier alpha value is -3.02. The van der Waals surface area contributed by atoms with Crippen LogP contribution in [-0.4, -0.2) is 37.2 Å². The van der Waals surface area contributed by atoms with Gasteiger partial charge in [0.2, 0.25) is 0 Å². The number of nitrogens with one attached hydrogen (secondary N) is 1. The van der Waals surface area contributed by atoms with Crippen molar-refractivity contribution in [2.75, 3.05) is 13.2 Å². The fourth-order valence-corrected chi connectivity index (χ4v) is 2.91. The monoisotopic (exact) mass is 383 g/mol. The predicted octanol–water partition coefficient (Wildman–Crippen LogP) is 3.14. The van der Waals surface area contributed by atoms with E-state index in [0.717, 1.165) is 12.8 Å². The van der Waals surface area contributed by atoms with Gasteiger partial charge in [-0.05, 0) is 50.5 Å². The second-order valence-electron chi connectivity index (χ2n) is 6.84. The first kappa shape index (κ1) is 19.7. The Bertz CT molecular complexity index is 821. The number of esters is 1. The lowest BCUT2D eigenvalue weighted by Gasteiger charge is -2.20. The van der Waals surface area contributed by atoms with Gasteiger partial charge < -0.3 is 19.5 Å². The highest BCUT2D eigenvalue weighted by Gasteiger charge is 2.22. The minimum Gasteiger partial charge on any atom is -0.486 e. The van der Waals surface area contributed by atoms with Crippen molar-refractivity contribution in [2.45, 2.75) is 38.8 Å². The van der Waals surface area contributed by atoms with E-state index in [2.05, 4.69) is 17.4 Å². The van der Waals surface area contributed by atoms with E-state index in [-0.39, 0.29) is 11.9 Å². The summed E-state index contributed by atoms with van der Waals surface area (Å²) in [7, 11) is 0. The largest absolute Gasteiger partial charge is 0.486 e. The lowest BCUT2D eigenvalue weighted by molar-refractivity contribution is -0.129. The Balaban J connectivity index is 1.48. The minimum absolute atomic E-state index is 0.0249. The molecule has 1 aliphatic rings. The molecule has 148 valence electrons. The van der Waals surface area contributed by atoms with Crippen molar-refractivity contribution in [3.63, 3.8) is 0 Å². The Labute approximate surface area is 164 Å². The minimum atomic E-state index is -0.889. The summed E-state index contributed by atoms with van der Waals surface area (Å²) in [4.78, 5) is 24.7. The maximum atomic E-state index is 12.3. The van der Waals surface area contributed by atoms with Crippen molar-refractivity contribution in [1.82, 2.24) is 5.32 Å². The van der Waals surface area contributed by atoms with Crippen LogP contribution in [-0.2, 0) is 16.0 Å². The van der Waals surface area contributed by atoms with E-state index in [1.165, 1.54) is 5.56 Å². The molecular formula is C22H25NO5. The van der Waals surface area contributed by atoms with Gasteiger partial charge in [-0.2, -0.15) is 0 Å². The maximum absolute atomic E-state index is 12.3. The SMILES string of the molecule is C[C@@H](CCc1ccccc1)NC(=O)[C@@H](C)OC(=O)c1ccc2c(c1)OCCO2. The van der Waals surface area contributed by atoms with E-state index >= 15 is 0 Å². The Morgan fingerprint density at radius 3 is 2.50 bits per heavy atom. The number of fused-ring (bicyclic) bond motifs is 1.